The fraction of sp³-hybridized carbons (Fsp3) is 0.0952. The summed E-state index contributed by atoms with van der Waals surface area (Å²) in [6, 6.07) is 18.8. The highest BCUT2D eigenvalue weighted by atomic mass is 79.9. The van der Waals surface area contributed by atoms with Gasteiger partial charge in [0.05, 0.1) is 12.5 Å². The molecule has 0 unspecified atom stereocenters. The van der Waals surface area contributed by atoms with Crippen LogP contribution in [-0.4, -0.2) is 7.11 Å². The summed E-state index contributed by atoms with van der Waals surface area (Å²) in [4.78, 5) is 12.3. The zero-order valence-corrected chi connectivity index (χ0v) is 15.6. The number of hydrogen-bond acceptors (Lipinski definition) is 4. The number of hydrogen-bond donors (Lipinski definition) is 0. The zero-order valence-electron chi connectivity index (χ0n) is 14.0. The van der Waals surface area contributed by atoms with E-state index in [-0.39, 0.29) is 0 Å². The summed E-state index contributed by atoms with van der Waals surface area (Å²) in [5, 5.41) is 2.18. The topological polar surface area (TPSA) is 48.7 Å². The normalized spacial score (nSPS) is 11.0. The molecule has 0 saturated heterocycles. The number of methoxy groups -OCH3 is 1. The van der Waals surface area contributed by atoms with E-state index in [0.29, 0.717) is 29.1 Å². The molecular formula is C21H15BrO4. The van der Waals surface area contributed by atoms with Crippen LogP contribution in [0.4, 0.5) is 0 Å². The standard InChI is InChI=1S/C21H15BrO4/c1-24-14-6-8-16-17-9-7-15(11-20(17)26-21(23)18(16)10-14)25-12-13-4-2-3-5-19(13)22/h2-11H,12H2,1H3. The molecule has 0 aliphatic carbocycles. The van der Waals surface area contributed by atoms with Crippen molar-refractivity contribution >= 4 is 37.7 Å². The van der Waals surface area contributed by atoms with Crippen molar-refractivity contribution in [1.29, 1.82) is 0 Å². The van der Waals surface area contributed by atoms with Gasteiger partial charge < -0.3 is 13.9 Å². The lowest BCUT2D eigenvalue weighted by Gasteiger charge is -2.09. The summed E-state index contributed by atoms with van der Waals surface area (Å²) in [6.07, 6.45) is 0. The molecule has 0 N–H and O–H groups in total. The third-order valence-electron chi connectivity index (χ3n) is 4.24. The average Bonchev–Trinajstić information content (AvgIpc) is 2.67. The highest BCUT2D eigenvalue weighted by Gasteiger charge is 2.10. The maximum atomic E-state index is 12.3. The third kappa shape index (κ3) is 3.06. The van der Waals surface area contributed by atoms with E-state index in [2.05, 4.69) is 15.9 Å². The minimum absolute atomic E-state index is 0.394. The smallest absolute Gasteiger partial charge is 0.344 e. The Bertz CT molecular complexity index is 1160. The Morgan fingerprint density at radius 2 is 1.69 bits per heavy atom. The molecular weight excluding hydrogens is 396 g/mol. The van der Waals surface area contributed by atoms with Gasteiger partial charge in [0.1, 0.15) is 23.7 Å². The molecule has 0 spiro atoms. The van der Waals surface area contributed by atoms with E-state index in [4.69, 9.17) is 13.9 Å². The number of rotatable bonds is 4. The Kier molecular flexibility index (Phi) is 4.39. The van der Waals surface area contributed by atoms with E-state index in [1.165, 1.54) is 0 Å². The van der Waals surface area contributed by atoms with Gasteiger partial charge in [0.25, 0.3) is 0 Å². The molecule has 130 valence electrons. The molecule has 0 amide bonds. The molecule has 0 saturated carbocycles. The van der Waals surface area contributed by atoms with Crippen molar-refractivity contribution < 1.29 is 13.9 Å². The Morgan fingerprint density at radius 1 is 0.923 bits per heavy atom. The largest absolute Gasteiger partial charge is 0.497 e. The fourth-order valence-electron chi connectivity index (χ4n) is 2.88. The second-order valence-electron chi connectivity index (χ2n) is 5.84. The highest BCUT2D eigenvalue weighted by molar-refractivity contribution is 9.10. The van der Waals surface area contributed by atoms with Crippen molar-refractivity contribution in [2.24, 2.45) is 0 Å². The van der Waals surface area contributed by atoms with Gasteiger partial charge in [-0.05, 0) is 36.4 Å². The van der Waals surface area contributed by atoms with E-state index in [1.54, 1.807) is 19.2 Å². The van der Waals surface area contributed by atoms with Crippen LogP contribution in [0.15, 0.2) is 74.3 Å². The first-order valence-corrected chi connectivity index (χ1v) is 8.86. The minimum Gasteiger partial charge on any atom is -0.497 e. The molecule has 0 aliphatic heterocycles. The molecule has 4 nitrogen and oxygen atoms in total. The van der Waals surface area contributed by atoms with E-state index in [9.17, 15) is 4.79 Å². The molecule has 3 aromatic carbocycles. The molecule has 5 heteroatoms. The maximum Gasteiger partial charge on any atom is 0.344 e. The predicted molar refractivity (Wildman–Crippen MR) is 105 cm³/mol. The maximum absolute atomic E-state index is 12.3. The summed E-state index contributed by atoms with van der Waals surface area (Å²) in [7, 11) is 1.57. The van der Waals surface area contributed by atoms with Crippen LogP contribution < -0.4 is 15.1 Å². The Labute approximate surface area is 158 Å². The quantitative estimate of drug-likeness (QED) is 0.338. The molecule has 1 heterocycles. The molecule has 0 bridgehead atoms. The SMILES string of the molecule is COc1ccc2c(c1)c(=O)oc1cc(OCc3ccccc3Br)ccc12. The molecule has 0 atom stereocenters. The van der Waals surface area contributed by atoms with Gasteiger partial charge in [-0.1, -0.05) is 34.1 Å². The zero-order chi connectivity index (χ0) is 18.1. The molecule has 0 radical (unpaired) electrons. The summed E-state index contributed by atoms with van der Waals surface area (Å²) < 4.78 is 17.5. The molecule has 0 aliphatic rings. The van der Waals surface area contributed by atoms with Gasteiger partial charge in [-0.3, -0.25) is 0 Å². The van der Waals surface area contributed by atoms with Crippen LogP contribution in [0.25, 0.3) is 21.7 Å². The number of ether oxygens (including phenoxy) is 2. The molecule has 4 rings (SSSR count). The van der Waals surface area contributed by atoms with E-state index >= 15 is 0 Å². The van der Waals surface area contributed by atoms with E-state index in [1.807, 2.05) is 48.5 Å². The van der Waals surface area contributed by atoms with Crippen molar-refractivity contribution in [3.8, 4) is 11.5 Å². The van der Waals surface area contributed by atoms with Crippen molar-refractivity contribution in [2.45, 2.75) is 6.61 Å². The summed E-state index contributed by atoms with van der Waals surface area (Å²) in [5.74, 6) is 1.27. The van der Waals surface area contributed by atoms with E-state index < -0.39 is 5.63 Å². The second kappa shape index (κ2) is 6.84. The summed E-state index contributed by atoms with van der Waals surface area (Å²) in [6.45, 7) is 0.419. The number of fused-ring (bicyclic) bond motifs is 3. The number of halogens is 1. The second-order valence-corrected chi connectivity index (χ2v) is 6.69. The van der Waals surface area contributed by atoms with Crippen molar-refractivity contribution in [2.75, 3.05) is 7.11 Å². The molecule has 4 aromatic rings. The Hall–Kier alpha value is -2.79. The van der Waals surface area contributed by atoms with Gasteiger partial charge in [0.15, 0.2) is 0 Å². The summed E-state index contributed by atoms with van der Waals surface area (Å²) in [5.41, 5.74) is 1.14. The van der Waals surface area contributed by atoms with Crippen LogP contribution in [0.3, 0.4) is 0 Å². The lowest BCUT2D eigenvalue weighted by molar-refractivity contribution is 0.305. The fourth-order valence-corrected chi connectivity index (χ4v) is 3.28. The first-order chi connectivity index (χ1) is 12.7. The number of benzene rings is 3. The van der Waals surface area contributed by atoms with Gasteiger partial charge in [0, 0.05) is 26.9 Å². The van der Waals surface area contributed by atoms with Gasteiger partial charge in [-0.15, -0.1) is 0 Å². The predicted octanol–water partition coefficient (Wildman–Crippen LogP) is 5.30. The van der Waals surface area contributed by atoms with Crippen molar-refractivity contribution in [1.82, 2.24) is 0 Å². The first kappa shape index (κ1) is 16.7. The van der Waals surface area contributed by atoms with Crippen LogP contribution in [0.5, 0.6) is 11.5 Å². The van der Waals surface area contributed by atoms with E-state index in [0.717, 1.165) is 20.8 Å². The van der Waals surface area contributed by atoms with Crippen molar-refractivity contribution in [3.05, 3.63) is 81.1 Å². The van der Waals surface area contributed by atoms with Crippen LogP contribution in [0.2, 0.25) is 0 Å². The lowest BCUT2D eigenvalue weighted by atomic mass is 10.1. The van der Waals surface area contributed by atoms with Crippen molar-refractivity contribution in [3.63, 3.8) is 0 Å². The minimum atomic E-state index is -0.394. The van der Waals surface area contributed by atoms with Crippen LogP contribution in [0.1, 0.15) is 5.56 Å². The molecule has 0 fully saturated rings. The average molecular weight is 411 g/mol. The highest BCUT2D eigenvalue weighted by Crippen LogP contribution is 2.29. The van der Waals surface area contributed by atoms with Gasteiger partial charge >= 0.3 is 5.63 Å². The molecule has 1 aromatic heterocycles. The van der Waals surface area contributed by atoms with Gasteiger partial charge in [-0.25, -0.2) is 4.79 Å². The van der Waals surface area contributed by atoms with Gasteiger partial charge in [0.2, 0.25) is 0 Å². The molecule has 26 heavy (non-hydrogen) atoms. The Morgan fingerprint density at radius 3 is 2.50 bits per heavy atom. The van der Waals surface area contributed by atoms with Gasteiger partial charge in [-0.2, -0.15) is 0 Å². The lowest BCUT2D eigenvalue weighted by Crippen LogP contribution is -2.01. The van der Waals surface area contributed by atoms with Crippen LogP contribution in [0, 0.1) is 0 Å². The summed E-state index contributed by atoms with van der Waals surface area (Å²) >= 11 is 3.51. The van der Waals surface area contributed by atoms with Crippen LogP contribution in [-0.2, 0) is 6.61 Å². The third-order valence-corrected chi connectivity index (χ3v) is 5.02. The van der Waals surface area contributed by atoms with Crippen LogP contribution >= 0.6 is 15.9 Å². The first-order valence-electron chi connectivity index (χ1n) is 8.06. The monoisotopic (exact) mass is 410 g/mol. The Balaban J connectivity index is 1.72.